The second kappa shape index (κ2) is 4.75. The first kappa shape index (κ1) is 12.5. The molecule has 0 amide bonds. The van der Waals surface area contributed by atoms with E-state index in [-0.39, 0.29) is 5.13 Å². The third-order valence-corrected chi connectivity index (χ3v) is 3.30. The van der Waals surface area contributed by atoms with E-state index >= 15 is 0 Å². The summed E-state index contributed by atoms with van der Waals surface area (Å²) < 4.78 is 36.9. The van der Waals surface area contributed by atoms with Crippen molar-refractivity contribution in [2.75, 3.05) is 38.7 Å². The number of anilines is 1. The summed E-state index contributed by atoms with van der Waals surface area (Å²) in [5.41, 5.74) is 2.85. The van der Waals surface area contributed by atoms with Crippen molar-refractivity contribution in [2.45, 2.75) is 6.18 Å². The van der Waals surface area contributed by atoms with Gasteiger partial charge in [-0.1, -0.05) is 11.3 Å². The number of alkyl halides is 3. The van der Waals surface area contributed by atoms with Gasteiger partial charge in [0.05, 0.1) is 0 Å². The molecule has 96 valence electrons. The van der Waals surface area contributed by atoms with Crippen LogP contribution in [0.15, 0.2) is 0 Å². The number of hydrogen-bond acceptors (Lipinski definition) is 6. The predicted octanol–water partition coefficient (Wildman–Crippen LogP) is 1.13. The summed E-state index contributed by atoms with van der Waals surface area (Å²) in [6.45, 7) is 3.24. The lowest BCUT2D eigenvalue weighted by Crippen LogP contribution is -2.46. The summed E-state index contributed by atoms with van der Waals surface area (Å²) in [6.07, 6.45) is -4.42. The van der Waals surface area contributed by atoms with E-state index in [0.29, 0.717) is 11.3 Å². The second-order valence-corrected chi connectivity index (χ2v) is 4.79. The molecular formula is C8H12F3N5S. The number of nitrogens with zero attached hydrogens (tertiary/aromatic N) is 4. The van der Waals surface area contributed by atoms with Gasteiger partial charge in [-0.05, 0) is 7.05 Å². The molecule has 5 nitrogen and oxygen atoms in total. The average molecular weight is 267 g/mol. The van der Waals surface area contributed by atoms with Crippen LogP contribution in [-0.4, -0.2) is 53.3 Å². The molecular weight excluding hydrogens is 255 g/mol. The minimum absolute atomic E-state index is 0.182. The maximum Gasteiger partial charge on any atom is 0.445 e. The Bertz CT molecular complexity index is 371. The minimum Gasteiger partial charge on any atom is -0.304 e. The van der Waals surface area contributed by atoms with Crippen molar-refractivity contribution in [1.82, 2.24) is 20.1 Å². The van der Waals surface area contributed by atoms with Crippen molar-refractivity contribution in [3.8, 4) is 0 Å². The van der Waals surface area contributed by atoms with E-state index in [1.54, 1.807) is 0 Å². The summed E-state index contributed by atoms with van der Waals surface area (Å²) in [5.74, 6) is 0. The summed E-state index contributed by atoms with van der Waals surface area (Å²) >= 11 is 0.521. The highest BCUT2D eigenvalue weighted by molar-refractivity contribution is 7.15. The molecule has 1 aromatic rings. The van der Waals surface area contributed by atoms with Crippen LogP contribution in [0.1, 0.15) is 5.01 Å². The lowest BCUT2D eigenvalue weighted by atomic mass is 10.4. The molecule has 0 aromatic carbocycles. The molecule has 0 radical (unpaired) electrons. The van der Waals surface area contributed by atoms with E-state index in [1.807, 2.05) is 12.1 Å². The molecule has 1 N–H and O–H groups in total. The first-order chi connectivity index (χ1) is 7.95. The zero-order chi connectivity index (χ0) is 12.5. The molecule has 0 atom stereocenters. The fraction of sp³-hybridized carbons (Fsp3) is 0.750. The van der Waals surface area contributed by atoms with Crippen LogP contribution < -0.4 is 5.43 Å². The van der Waals surface area contributed by atoms with Gasteiger partial charge in [0.1, 0.15) is 0 Å². The number of hydrazine groups is 1. The Morgan fingerprint density at radius 3 is 2.35 bits per heavy atom. The maximum atomic E-state index is 12.3. The molecule has 0 aliphatic carbocycles. The van der Waals surface area contributed by atoms with Crippen molar-refractivity contribution < 1.29 is 13.2 Å². The molecule has 1 aliphatic heterocycles. The van der Waals surface area contributed by atoms with Crippen LogP contribution in [0.5, 0.6) is 0 Å². The summed E-state index contributed by atoms with van der Waals surface area (Å²) in [5, 5.41) is 7.70. The van der Waals surface area contributed by atoms with Gasteiger partial charge < -0.3 is 4.90 Å². The highest BCUT2D eigenvalue weighted by Gasteiger charge is 2.35. The van der Waals surface area contributed by atoms with Crippen molar-refractivity contribution in [3.63, 3.8) is 0 Å². The van der Waals surface area contributed by atoms with Crippen molar-refractivity contribution in [2.24, 2.45) is 0 Å². The molecule has 1 saturated heterocycles. The van der Waals surface area contributed by atoms with E-state index in [2.05, 4.69) is 20.5 Å². The first-order valence-electron chi connectivity index (χ1n) is 5.06. The Kier molecular flexibility index (Phi) is 3.50. The van der Waals surface area contributed by atoms with Gasteiger partial charge in [0.25, 0.3) is 0 Å². The number of nitrogens with one attached hydrogen (secondary N) is 1. The first-order valence-corrected chi connectivity index (χ1v) is 5.87. The van der Waals surface area contributed by atoms with Crippen LogP contribution in [0.2, 0.25) is 0 Å². The molecule has 0 unspecified atom stereocenters. The van der Waals surface area contributed by atoms with E-state index < -0.39 is 11.2 Å². The Hall–Kier alpha value is -0.930. The maximum absolute atomic E-state index is 12.3. The van der Waals surface area contributed by atoms with Gasteiger partial charge in [0.15, 0.2) is 0 Å². The highest BCUT2D eigenvalue weighted by atomic mass is 32.1. The number of likely N-dealkylation sites (N-methyl/N-ethyl adjacent to an activating group) is 1. The van der Waals surface area contributed by atoms with Gasteiger partial charge in [0, 0.05) is 26.2 Å². The van der Waals surface area contributed by atoms with E-state index in [0.717, 1.165) is 26.2 Å². The van der Waals surface area contributed by atoms with Gasteiger partial charge in [0.2, 0.25) is 10.1 Å². The number of halogens is 3. The number of rotatable bonds is 2. The molecule has 1 aliphatic rings. The van der Waals surface area contributed by atoms with Crippen LogP contribution in [-0.2, 0) is 6.18 Å². The predicted molar refractivity (Wildman–Crippen MR) is 57.6 cm³/mol. The molecule has 0 saturated carbocycles. The molecule has 9 heteroatoms. The van der Waals surface area contributed by atoms with Crippen molar-refractivity contribution in [3.05, 3.63) is 5.01 Å². The summed E-state index contributed by atoms with van der Waals surface area (Å²) in [7, 11) is 2.00. The van der Waals surface area contributed by atoms with Gasteiger partial charge in [-0.2, -0.15) is 13.2 Å². The Labute approximate surface area is 100 Å². The van der Waals surface area contributed by atoms with Gasteiger partial charge in [-0.15, -0.1) is 10.2 Å². The normalized spacial score (nSPS) is 19.5. The van der Waals surface area contributed by atoms with Crippen LogP contribution >= 0.6 is 11.3 Å². The number of hydrogen-bond donors (Lipinski definition) is 1. The fourth-order valence-corrected chi connectivity index (χ4v) is 2.07. The van der Waals surface area contributed by atoms with Gasteiger partial charge in [-0.25, -0.2) is 5.01 Å². The Morgan fingerprint density at radius 2 is 1.82 bits per heavy atom. The number of aromatic nitrogens is 2. The Morgan fingerprint density at radius 1 is 1.18 bits per heavy atom. The highest BCUT2D eigenvalue weighted by Crippen LogP contribution is 2.33. The van der Waals surface area contributed by atoms with Gasteiger partial charge >= 0.3 is 6.18 Å². The monoisotopic (exact) mass is 267 g/mol. The fourth-order valence-electron chi connectivity index (χ4n) is 1.44. The van der Waals surface area contributed by atoms with Crippen LogP contribution in [0.25, 0.3) is 0 Å². The standard InChI is InChI=1S/C8H12F3N5S/c1-15-2-4-16(5-3-15)14-7-13-12-6(17-7)8(9,10)11/h2-5H2,1H3,(H,13,14). The van der Waals surface area contributed by atoms with Crippen LogP contribution in [0.3, 0.4) is 0 Å². The molecule has 0 spiro atoms. The topological polar surface area (TPSA) is 44.3 Å². The molecule has 1 fully saturated rings. The summed E-state index contributed by atoms with van der Waals surface area (Å²) in [4.78, 5) is 2.15. The minimum atomic E-state index is -4.42. The SMILES string of the molecule is CN1CCN(Nc2nnc(C(F)(F)F)s2)CC1. The van der Waals surface area contributed by atoms with Crippen LogP contribution in [0.4, 0.5) is 18.3 Å². The molecule has 2 heterocycles. The molecule has 17 heavy (non-hydrogen) atoms. The third kappa shape index (κ3) is 3.27. The molecule has 0 bridgehead atoms. The van der Waals surface area contributed by atoms with Gasteiger partial charge in [-0.3, -0.25) is 5.43 Å². The van der Waals surface area contributed by atoms with Crippen molar-refractivity contribution in [1.29, 1.82) is 0 Å². The smallest absolute Gasteiger partial charge is 0.304 e. The van der Waals surface area contributed by atoms with E-state index in [4.69, 9.17) is 0 Å². The van der Waals surface area contributed by atoms with Crippen molar-refractivity contribution >= 4 is 16.5 Å². The quantitative estimate of drug-likeness (QED) is 0.870. The second-order valence-electron chi connectivity index (χ2n) is 3.81. The summed E-state index contributed by atoms with van der Waals surface area (Å²) in [6, 6.07) is 0. The molecule has 1 aromatic heterocycles. The lowest BCUT2D eigenvalue weighted by molar-refractivity contribution is -0.138. The Balaban J connectivity index is 1.93. The molecule has 2 rings (SSSR count). The van der Waals surface area contributed by atoms with E-state index in [9.17, 15) is 13.2 Å². The number of piperazine rings is 1. The van der Waals surface area contributed by atoms with E-state index in [1.165, 1.54) is 0 Å². The zero-order valence-electron chi connectivity index (χ0n) is 9.16. The third-order valence-electron chi connectivity index (χ3n) is 2.42. The lowest BCUT2D eigenvalue weighted by Gasteiger charge is -2.31. The average Bonchev–Trinajstić information content (AvgIpc) is 2.69. The largest absolute Gasteiger partial charge is 0.445 e. The van der Waals surface area contributed by atoms with Crippen LogP contribution in [0, 0.1) is 0 Å². The zero-order valence-corrected chi connectivity index (χ0v) is 9.98.